The van der Waals surface area contributed by atoms with E-state index in [1.807, 2.05) is 24.3 Å². The van der Waals surface area contributed by atoms with Gasteiger partial charge in [0, 0.05) is 23.9 Å². The molecule has 0 spiro atoms. The van der Waals surface area contributed by atoms with E-state index in [9.17, 15) is 4.79 Å². The van der Waals surface area contributed by atoms with Gasteiger partial charge in [0.15, 0.2) is 6.10 Å². The third-order valence-electron chi connectivity index (χ3n) is 4.93. The predicted octanol–water partition coefficient (Wildman–Crippen LogP) is 5.54. The van der Waals surface area contributed by atoms with E-state index in [1.54, 1.807) is 18.3 Å². The number of ether oxygens (including phenoxy) is 1. The molecule has 3 aromatic rings. The molecule has 2 aromatic carbocycles. The van der Waals surface area contributed by atoms with Gasteiger partial charge in [-0.2, -0.15) is 0 Å². The van der Waals surface area contributed by atoms with Gasteiger partial charge in [-0.05, 0) is 37.0 Å². The van der Waals surface area contributed by atoms with E-state index in [0.29, 0.717) is 18.7 Å². The summed E-state index contributed by atoms with van der Waals surface area (Å²) in [6, 6.07) is 16.3. The monoisotopic (exact) mass is 422 g/mol. The first-order valence-corrected chi connectivity index (χ1v) is 11.2. The maximum absolute atomic E-state index is 12.4. The van der Waals surface area contributed by atoms with Gasteiger partial charge in [0.05, 0.1) is 5.69 Å². The number of nitrogens with zero attached hydrogens (tertiary/aromatic N) is 1. The quantitative estimate of drug-likeness (QED) is 0.544. The highest BCUT2D eigenvalue weighted by molar-refractivity contribution is 7.13. The summed E-state index contributed by atoms with van der Waals surface area (Å²) in [6.07, 6.45) is 0.144. The third kappa shape index (κ3) is 5.92. The van der Waals surface area contributed by atoms with Gasteiger partial charge in [0.25, 0.3) is 5.91 Å². The molecule has 4 nitrogen and oxygen atoms in total. The lowest BCUT2D eigenvalue weighted by molar-refractivity contribution is -0.127. The fraction of sp³-hybridized carbons (Fsp3) is 0.360. The van der Waals surface area contributed by atoms with E-state index in [0.717, 1.165) is 16.3 Å². The fourth-order valence-corrected chi connectivity index (χ4v) is 3.86. The van der Waals surface area contributed by atoms with Crippen molar-refractivity contribution >= 4 is 17.2 Å². The molecular weight excluding hydrogens is 392 g/mol. The number of carbonyl (C=O) groups excluding carboxylic acids is 1. The van der Waals surface area contributed by atoms with E-state index < -0.39 is 6.10 Å². The molecule has 1 amide bonds. The van der Waals surface area contributed by atoms with Gasteiger partial charge in [-0.3, -0.25) is 4.79 Å². The zero-order valence-corrected chi connectivity index (χ0v) is 19.2. The zero-order valence-electron chi connectivity index (χ0n) is 18.4. The smallest absolute Gasteiger partial charge is 0.260 e. The molecule has 0 fully saturated rings. The van der Waals surface area contributed by atoms with Crippen LogP contribution in [-0.2, 0) is 16.6 Å². The highest BCUT2D eigenvalue weighted by Gasteiger charge is 2.16. The number of carbonyl (C=O) groups is 1. The Balaban J connectivity index is 1.47. The standard InChI is InChI=1S/C25H30N2O2S/c1-17-6-8-19(9-7-17)24-27-21(16-30-24)14-15-26-23(28)18(2)29-22-12-10-20(11-13-22)25(3,4)5/h6-13,16,18H,14-15H2,1-5H3,(H,26,28)/t18-/m0/s1. The predicted molar refractivity (Wildman–Crippen MR) is 124 cm³/mol. The SMILES string of the molecule is Cc1ccc(-c2nc(CCNC(=O)[C@H](C)Oc3ccc(C(C)(C)C)cc3)cs2)cc1. The molecule has 30 heavy (non-hydrogen) atoms. The van der Waals surface area contributed by atoms with Crippen molar-refractivity contribution in [3.8, 4) is 16.3 Å². The Labute approximate surface area is 183 Å². The van der Waals surface area contributed by atoms with Crippen LogP contribution < -0.4 is 10.1 Å². The molecule has 0 unspecified atom stereocenters. The van der Waals surface area contributed by atoms with Crippen LogP contribution in [0.15, 0.2) is 53.9 Å². The van der Waals surface area contributed by atoms with E-state index >= 15 is 0 Å². The Kier molecular flexibility index (Phi) is 6.93. The Morgan fingerprint density at radius 1 is 1.10 bits per heavy atom. The van der Waals surface area contributed by atoms with Crippen LogP contribution in [-0.4, -0.2) is 23.5 Å². The summed E-state index contributed by atoms with van der Waals surface area (Å²) in [4.78, 5) is 17.1. The summed E-state index contributed by atoms with van der Waals surface area (Å²) in [6.45, 7) is 10.9. The van der Waals surface area contributed by atoms with Gasteiger partial charge < -0.3 is 10.1 Å². The molecule has 0 aliphatic carbocycles. The molecule has 0 bridgehead atoms. The van der Waals surface area contributed by atoms with Gasteiger partial charge in [-0.1, -0.05) is 62.7 Å². The highest BCUT2D eigenvalue weighted by Crippen LogP contribution is 2.25. The fourth-order valence-electron chi connectivity index (χ4n) is 3.00. The van der Waals surface area contributed by atoms with Gasteiger partial charge in [0.1, 0.15) is 10.8 Å². The first-order valence-electron chi connectivity index (χ1n) is 10.3. The van der Waals surface area contributed by atoms with E-state index in [2.05, 4.69) is 67.6 Å². The molecule has 1 aromatic heterocycles. The van der Waals surface area contributed by atoms with Crippen LogP contribution in [0.2, 0.25) is 0 Å². The lowest BCUT2D eigenvalue weighted by Crippen LogP contribution is -2.37. The first-order chi connectivity index (χ1) is 14.2. The average Bonchev–Trinajstić information content (AvgIpc) is 3.17. The van der Waals surface area contributed by atoms with E-state index in [1.165, 1.54) is 11.1 Å². The summed E-state index contributed by atoms with van der Waals surface area (Å²) in [7, 11) is 0. The minimum absolute atomic E-state index is 0.0938. The van der Waals surface area contributed by atoms with Crippen LogP contribution in [0.4, 0.5) is 0 Å². The number of rotatable bonds is 7. The minimum Gasteiger partial charge on any atom is -0.481 e. The molecule has 3 rings (SSSR count). The van der Waals surface area contributed by atoms with E-state index in [4.69, 9.17) is 4.74 Å². The molecule has 0 saturated heterocycles. The summed E-state index contributed by atoms with van der Waals surface area (Å²) in [5, 5.41) is 6.00. The Hall–Kier alpha value is -2.66. The summed E-state index contributed by atoms with van der Waals surface area (Å²) in [5.74, 6) is 0.580. The maximum Gasteiger partial charge on any atom is 0.260 e. The molecule has 0 radical (unpaired) electrons. The number of amides is 1. The zero-order chi connectivity index (χ0) is 21.7. The van der Waals surface area contributed by atoms with Crippen LogP contribution >= 0.6 is 11.3 Å². The van der Waals surface area contributed by atoms with Crippen LogP contribution in [0.1, 0.15) is 44.5 Å². The summed E-state index contributed by atoms with van der Waals surface area (Å²) >= 11 is 1.63. The topological polar surface area (TPSA) is 51.2 Å². The molecular formula is C25H30N2O2S. The second-order valence-corrected chi connectivity index (χ2v) is 9.44. The maximum atomic E-state index is 12.4. The molecule has 1 N–H and O–H groups in total. The lowest BCUT2D eigenvalue weighted by atomic mass is 9.87. The Bertz CT molecular complexity index is 970. The van der Waals surface area contributed by atoms with Gasteiger partial charge in [-0.25, -0.2) is 4.98 Å². The normalized spacial score (nSPS) is 12.4. The van der Waals surface area contributed by atoms with E-state index in [-0.39, 0.29) is 11.3 Å². The molecule has 5 heteroatoms. The molecule has 0 aliphatic rings. The number of benzene rings is 2. The van der Waals surface area contributed by atoms with Gasteiger partial charge in [-0.15, -0.1) is 11.3 Å². The van der Waals surface area contributed by atoms with Crippen molar-refractivity contribution in [1.82, 2.24) is 10.3 Å². The molecule has 0 aliphatic heterocycles. The van der Waals surface area contributed by atoms with Crippen LogP contribution in [0.25, 0.3) is 10.6 Å². The average molecular weight is 423 g/mol. The lowest BCUT2D eigenvalue weighted by Gasteiger charge is -2.20. The molecule has 1 atom stereocenters. The van der Waals surface area contributed by atoms with Crippen molar-refractivity contribution in [3.05, 3.63) is 70.7 Å². The van der Waals surface area contributed by atoms with Crippen molar-refractivity contribution in [1.29, 1.82) is 0 Å². The second kappa shape index (κ2) is 9.43. The molecule has 0 saturated carbocycles. The number of aromatic nitrogens is 1. The molecule has 1 heterocycles. The second-order valence-electron chi connectivity index (χ2n) is 8.59. The van der Waals surface area contributed by atoms with Crippen LogP contribution in [0.3, 0.4) is 0 Å². The Morgan fingerprint density at radius 2 is 1.77 bits per heavy atom. The number of hydrogen-bond donors (Lipinski definition) is 1. The number of hydrogen-bond acceptors (Lipinski definition) is 4. The first kappa shape index (κ1) is 22.0. The largest absolute Gasteiger partial charge is 0.481 e. The van der Waals surface area contributed by atoms with Crippen molar-refractivity contribution < 1.29 is 9.53 Å². The van der Waals surface area contributed by atoms with Gasteiger partial charge in [0.2, 0.25) is 0 Å². The van der Waals surface area contributed by atoms with Gasteiger partial charge >= 0.3 is 0 Å². The number of thiazole rings is 1. The molecule has 158 valence electrons. The number of nitrogens with one attached hydrogen (secondary N) is 1. The van der Waals surface area contributed by atoms with Crippen LogP contribution in [0, 0.1) is 6.92 Å². The Morgan fingerprint density at radius 3 is 2.40 bits per heavy atom. The third-order valence-corrected chi connectivity index (χ3v) is 5.87. The minimum atomic E-state index is -0.552. The summed E-state index contributed by atoms with van der Waals surface area (Å²) < 4.78 is 5.79. The van der Waals surface area contributed by atoms with Crippen LogP contribution in [0.5, 0.6) is 5.75 Å². The number of aryl methyl sites for hydroxylation is 1. The van der Waals surface area contributed by atoms with Crippen molar-refractivity contribution in [2.24, 2.45) is 0 Å². The van der Waals surface area contributed by atoms with Crippen molar-refractivity contribution in [3.63, 3.8) is 0 Å². The van der Waals surface area contributed by atoms with Crippen molar-refractivity contribution in [2.45, 2.75) is 52.6 Å². The summed E-state index contributed by atoms with van der Waals surface area (Å²) in [5.41, 5.74) is 4.68. The van der Waals surface area contributed by atoms with Crippen molar-refractivity contribution in [2.75, 3.05) is 6.54 Å². The highest BCUT2D eigenvalue weighted by atomic mass is 32.1.